The summed E-state index contributed by atoms with van der Waals surface area (Å²) in [5.41, 5.74) is 1.43. The quantitative estimate of drug-likeness (QED) is 0.726. The summed E-state index contributed by atoms with van der Waals surface area (Å²) >= 11 is 0. The van der Waals surface area contributed by atoms with Crippen molar-refractivity contribution in [2.24, 2.45) is 0 Å². The van der Waals surface area contributed by atoms with Gasteiger partial charge in [-0.1, -0.05) is 37.3 Å². The molecule has 0 heterocycles. The van der Waals surface area contributed by atoms with Gasteiger partial charge in [-0.2, -0.15) is 0 Å². The predicted octanol–water partition coefficient (Wildman–Crippen LogP) is 2.28. The maximum atomic E-state index is 2.40. The van der Waals surface area contributed by atoms with E-state index in [0.717, 1.165) is 19.6 Å². The zero-order valence-corrected chi connectivity index (χ0v) is 11.0. The molecule has 0 fully saturated rings. The Bertz CT molecular complexity index is 282. The molecule has 0 saturated heterocycles. The van der Waals surface area contributed by atoms with Gasteiger partial charge in [0.2, 0.25) is 0 Å². The number of benzene rings is 1. The van der Waals surface area contributed by atoms with E-state index in [2.05, 4.69) is 68.2 Å². The third kappa shape index (κ3) is 4.77. The smallest absolute Gasteiger partial charge is 0.0106 e. The van der Waals surface area contributed by atoms with E-state index < -0.39 is 0 Å². The first-order valence-electron chi connectivity index (χ1n) is 5.98. The van der Waals surface area contributed by atoms with Gasteiger partial charge in [0, 0.05) is 19.6 Å². The van der Waals surface area contributed by atoms with Crippen molar-refractivity contribution in [3.63, 3.8) is 0 Å². The van der Waals surface area contributed by atoms with Crippen molar-refractivity contribution >= 4 is 0 Å². The number of hydrogen-bond acceptors (Lipinski definition) is 2. The Kier molecular flexibility index (Phi) is 5.50. The lowest BCUT2D eigenvalue weighted by molar-refractivity contribution is 0.272. The predicted molar refractivity (Wildman–Crippen MR) is 70.9 cm³/mol. The first kappa shape index (κ1) is 13.2. The second-order valence-corrected chi connectivity index (χ2v) is 4.88. The highest BCUT2D eigenvalue weighted by Crippen LogP contribution is 2.15. The SMILES string of the molecule is C[C@@H](CN(C)CCN(C)C)c1ccccc1. The van der Waals surface area contributed by atoms with Gasteiger partial charge in [-0.25, -0.2) is 0 Å². The summed E-state index contributed by atoms with van der Waals surface area (Å²) in [6.07, 6.45) is 0. The molecule has 0 aliphatic carbocycles. The van der Waals surface area contributed by atoms with Crippen LogP contribution in [0, 0.1) is 0 Å². The highest BCUT2D eigenvalue weighted by Gasteiger charge is 2.08. The van der Waals surface area contributed by atoms with E-state index in [1.54, 1.807) is 0 Å². The van der Waals surface area contributed by atoms with Crippen molar-refractivity contribution in [1.29, 1.82) is 0 Å². The molecule has 0 spiro atoms. The summed E-state index contributed by atoms with van der Waals surface area (Å²) < 4.78 is 0. The van der Waals surface area contributed by atoms with Crippen molar-refractivity contribution in [3.8, 4) is 0 Å². The molecule has 0 aliphatic rings. The fraction of sp³-hybridized carbons (Fsp3) is 0.571. The van der Waals surface area contributed by atoms with Crippen LogP contribution in [0.3, 0.4) is 0 Å². The Balaban J connectivity index is 2.36. The zero-order chi connectivity index (χ0) is 12.0. The molecule has 0 aliphatic heterocycles. The van der Waals surface area contributed by atoms with Crippen LogP contribution in [0.5, 0.6) is 0 Å². The standard InChI is InChI=1S/C14H24N2/c1-13(14-8-6-5-7-9-14)12-16(4)11-10-15(2)3/h5-9,13H,10-12H2,1-4H3/t13-/m0/s1. The summed E-state index contributed by atoms with van der Waals surface area (Å²) in [7, 11) is 6.44. The second-order valence-electron chi connectivity index (χ2n) is 4.88. The minimum atomic E-state index is 0.605. The molecule has 0 unspecified atom stereocenters. The van der Waals surface area contributed by atoms with Gasteiger partial charge in [-0.3, -0.25) is 0 Å². The van der Waals surface area contributed by atoms with Crippen molar-refractivity contribution in [3.05, 3.63) is 35.9 Å². The first-order valence-corrected chi connectivity index (χ1v) is 5.98. The third-order valence-electron chi connectivity index (χ3n) is 2.88. The topological polar surface area (TPSA) is 6.48 Å². The number of nitrogens with zero attached hydrogens (tertiary/aromatic N) is 2. The lowest BCUT2D eigenvalue weighted by Gasteiger charge is -2.23. The highest BCUT2D eigenvalue weighted by atomic mass is 15.1. The molecule has 1 aromatic carbocycles. The largest absolute Gasteiger partial charge is 0.308 e. The molecule has 90 valence electrons. The summed E-state index contributed by atoms with van der Waals surface area (Å²) in [4.78, 5) is 4.63. The Hall–Kier alpha value is -0.860. The second kappa shape index (κ2) is 6.66. The Morgan fingerprint density at radius 2 is 1.62 bits per heavy atom. The molecule has 0 aromatic heterocycles. The lowest BCUT2D eigenvalue weighted by atomic mass is 10.0. The van der Waals surface area contributed by atoms with Crippen LogP contribution in [0.1, 0.15) is 18.4 Å². The van der Waals surface area contributed by atoms with Crippen molar-refractivity contribution < 1.29 is 0 Å². The van der Waals surface area contributed by atoms with Crippen LogP contribution in [-0.4, -0.2) is 50.6 Å². The van der Waals surface area contributed by atoms with Crippen molar-refractivity contribution in [2.75, 3.05) is 40.8 Å². The van der Waals surface area contributed by atoms with Crippen LogP contribution in [0.2, 0.25) is 0 Å². The minimum Gasteiger partial charge on any atom is -0.308 e. The maximum Gasteiger partial charge on any atom is 0.0106 e. The molecular formula is C14H24N2. The summed E-state index contributed by atoms with van der Waals surface area (Å²) in [5.74, 6) is 0.605. The minimum absolute atomic E-state index is 0.605. The van der Waals surface area contributed by atoms with Gasteiger partial charge in [0.25, 0.3) is 0 Å². The van der Waals surface area contributed by atoms with Gasteiger partial charge in [-0.05, 0) is 32.6 Å². The average molecular weight is 220 g/mol. The molecule has 2 heteroatoms. The summed E-state index contributed by atoms with van der Waals surface area (Å²) in [6, 6.07) is 10.7. The lowest BCUT2D eigenvalue weighted by Crippen LogP contribution is -2.31. The number of hydrogen-bond donors (Lipinski definition) is 0. The van der Waals surface area contributed by atoms with Crippen molar-refractivity contribution in [2.45, 2.75) is 12.8 Å². The van der Waals surface area contributed by atoms with E-state index in [-0.39, 0.29) is 0 Å². The molecular weight excluding hydrogens is 196 g/mol. The summed E-state index contributed by atoms with van der Waals surface area (Å²) in [5, 5.41) is 0. The molecule has 1 rings (SSSR count). The molecule has 0 saturated carbocycles. The fourth-order valence-corrected chi connectivity index (χ4v) is 1.82. The Morgan fingerprint density at radius 1 is 1.00 bits per heavy atom. The van der Waals surface area contributed by atoms with Crippen LogP contribution in [0.15, 0.2) is 30.3 Å². The molecule has 16 heavy (non-hydrogen) atoms. The van der Waals surface area contributed by atoms with Gasteiger partial charge in [0.05, 0.1) is 0 Å². The third-order valence-corrected chi connectivity index (χ3v) is 2.88. The average Bonchev–Trinajstić information content (AvgIpc) is 2.27. The van der Waals surface area contributed by atoms with Crippen LogP contribution >= 0.6 is 0 Å². The Morgan fingerprint density at radius 3 is 2.19 bits per heavy atom. The van der Waals surface area contributed by atoms with Crippen LogP contribution < -0.4 is 0 Å². The number of rotatable bonds is 6. The highest BCUT2D eigenvalue weighted by molar-refractivity contribution is 5.18. The summed E-state index contributed by atoms with van der Waals surface area (Å²) in [6.45, 7) is 5.67. The molecule has 0 N–H and O–H groups in total. The van der Waals surface area contributed by atoms with E-state index >= 15 is 0 Å². The van der Waals surface area contributed by atoms with Crippen molar-refractivity contribution in [1.82, 2.24) is 9.80 Å². The molecule has 2 nitrogen and oxygen atoms in total. The van der Waals surface area contributed by atoms with Gasteiger partial charge in [-0.15, -0.1) is 0 Å². The molecule has 0 amide bonds. The number of likely N-dealkylation sites (N-methyl/N-ethyl adjacent to an activating group) is 2. The molecule has 1 aromatic rings. The van der Waals surface area contributed by atoms with E-state index in [0.29, 0.717) is 5.92 Å². The van der Waals surface area contributed by atoms with Gasteiger partial charge >= 0.3 is 0 Å². The molecule has 1 atom stereocenters. The van der Waals surface area contributed by atoms with Gasteiger partial charge in [0.1, 0.15) is 0 Å². The monoisotopic (exact) mass is 220 g/mol. The Labute approximate surface area is 99.9 Å². The van der Waals surface area contributed by atoms with E-state index in [4.69, 9.17) is 0 Å². The normalized spacial score (nSPS) is 13.4. The van der Waals surface area contributed by atoms with E-state index in [1.165, 1.54) is 5.56 Å². The maximum absolute atomic E-state index is 2.40. The molecule has 0 bridgehead atoms. The zero-order valence-electron chi connectivity index (χ0n) is 11.0. The van der Waals surface area contributed by atoms with Crippen LogP contribution in [-0.2, 0) is 0 Å². The molecule has 0 radical (unpaired) electrons. The first-order chi connectivity index (χ1) is 7.59. The van der Waals surface area contributed by atoms with E-state index in [1.807, 2.05) is 0 Å². The fourth-order valence-electron chi connectivity index (χ4n) is 1.82. The van der Waals surface area contributed by atoms with E-state index in [9.17, 15) is 0 Å². The van der Waals surface area contributed by atoms with Crippen LogP contribution in [0.4, 0.5) is 0 Å². The van der Waals surface area contributed by atoms with Gasteiger partial charge in [0.15, 0.2) is 0 Å². The van der Waals surface area contributed by atoms with Crippen LogP contribution in [0.25, 0.3) is 0 Å². The van der Waals surface area contributed by atoms with Gasteiger partial charge < -0.3 is 9.80 Å².